The molecular weight excluding hydrogens is 379 g/mol. The van der Waals surface area contributed by atoms with Crippen molar-refractivity contribution in [1.29, 1.82) is 0 Å². The molecule has 5 heteroatoms. The van der Waals surface area contributed by atoms with Crippen LogP contribution in [0.15, 0.2) is 0 Å². The average molecular weight is 400 g/mol. The second kappa shape index (κ2) is 5.41. The molecule has 1 saturated carbocycles. The lowest BCUT2D eigenvalue weighted by Crippen LogP contribution is -2.36. The fourth-order valence-electron chi connectivity index (χ4n) is 3.26. The minimum atomic E-state index is -0.278. The molecule has 2 fully saturated rings. The number of methoxy groups -OCH3 is 1. The maximum atomic E-state index is 12.2. The lowest BCUT2D eigenvalue weighted by atomic mass is 9.93. The molecule has 0 atom stereocenters. The first kappa shape index (κ1) is 15.1. The number of anilines is 1. The first-order valence-electron chi connectivity index (χ1n) is 7.47. The van der Waals surface area contributed by atoms with Crippen molar-refractivity contribution in [1.82, 2.24) is 4.98 Å². The van der Waals surface area contributed by atoms with E-state index in [0.29, 0.717) is 11.0 Å². The van der Waals surface area contributed by atoms with E-state index in [2.05, 4.69) is 27.5 Å². The van der Waals surface area contributed by atoms with Gasteiger partial charge < -0.3 is 9.64 Å². The molecule has 1 aromatic heterocycles. The quantitative estimate of drug-likeness (QED) is 0.563. The third-order valence-electron chi connectivity index (χ3n) is 4.99. The number of hydrogen-bond donors (Lipinski definition) is 0. The van der Waals surface area contributed by atoms with Crippen LogP contribution in [0.3, 0.4) is 0 Å². The van der Waals surface area contributed by atoms with Crippen LogP contribution in [0.25, 0.3) is 0 Å². The number of piperidine rings is 1. The van der Waals surface area contributed by atoms with E-state index in [1.807, 2.05) is 13.8 Å². The molecule has 114 valence electrons. The highest BCUT2D eigenvalue weighted by molar-refractivity contribution is 14.1. The van der Waals surface area contributed by atoms with Gasteiger partial charge in [-0.2, -0.15) is 0 Å². The SMILES string of the molecule is COC(=O)c1c(N2CCC3(CC2)CC3)nc(C)c(I)c1C. The summed E-state index contributed by atoms with van der Waals surface area (Å²) in [6.07, 6.45) is 5.20. The van der Waals surface area contributed by atoms with Crippen molar-refractivity contribution in [2.75, 3.05) is 25.1 Å². The van der Waals surface area contributed by atoms with Crippen molar-refractivity contribution in [3.8, 4) is 0 Å². The van der Waals surface area contributed by atoms with E-state index in [9.17, 15) is 4.79 Å². The Labute approximate surface area is 139 Å². The van der Waals surface area contributed by atoms with E-state index in [1.165, 1.54) is 32.8 Å². The van der Waals surface area contributed by atoms with Crippen LogP contribution in [0.5, 0.6) is 0 Å². The van der Waals surface area contributed by atoms with E-state index in [0.717, 1.165) is 33.7 Å². The Hall–Kier alpha value is -0.850. The van der Waals surface area contributed by atoms with Crippen LogP contribution in [0.4, 0.5) is 5.82 Å². The molecule has 4 nitrogen and oxygen atoms in total. The van der Waals surface area contributed by atoms with Crippen LogP contribution in [0, 0.1) is 22.8 Å². The zero-order valence-corrected chi connectivity index (χ0v) is 15.0. The third kappa shape index (κ3) is 2.64. The number of esters is 1. The molecule has 1 aliphatic heterocycles. The van der Waals surface area contributed by atoms with Gasteiger partial charge in [0.2, 0.25) is 0 Å². The van der Waals surface area contributed by atoms with E-state index < -0.39 is 0 Å². The second-order valence-electron chi connectivity index (χ2n) is 6.31. The molecule has 0 unspecified atom stereocenters. The molecule has 3 rings (SSSR count). The van der Waals surface area contributed by atoms with Gasteiger partial charge in [0.15, 0.2) is 0 Å². The zero-order valence-electron chi connectivity index (χ0n) is 12.8. The molecule has 1 aliphatic carbocycles. The molecule has 1 saturated heterocycles. The van der Waals surface area contributed by atoms with Crippen LogP contribution in [-0.2, 0) is 4.74 Å². The van der Waals surface area contributed by atoms with Gasteiger partial charge in [-0.25, -0.2) is 9.78 Å². The van der Waals surface area contributed by atoms with Gasteiger partial charge in [0, 0.05) is 16.7 Å². The summed E-state index contributed by atoms with van der Waals surface area (Å²) in [4.78, 5) is 19.2. The predicted octanol–water partition coefficient (Wildman–Crippen LogP) is 3.47. The van der Waals surface area contributed by atoms with Gasteiger partial charge in [-0.15, -0.1) is 0 Å². The summed E-state index contributed by atoms with van der Waals surface area (Å²) in [5.74, 6) is 0.535. The molecule has 0 bridgehead atoms. The third-order valence-corrected chi connectivity index (χ3v) is 6.58. The average Bonchev–Trinajstić information content (AvgIpc) is 3.24. The number of halogens is 1. The summed E-state index contributed by atoms with van der Waals surface area (Å²) >= 11 is 2.26. The molecule has 1 aromatic rings. The summed E-state index contributed by atoms with van der Waals surface area (Å²) in [5, 5.41) is 0. The molecule has 1 spiro atoms. The van der Waals surface area contributed by atoms with Gasteiger partial charge in [-0.3, -0.25) is 0 Å². The molecule has 2 heterocycles. The Morgan fingerprint density at radius 1 is 1.24 bits per heavy atom. The van der Waals surface area contributed by atoms with Gasteiger partial charge in [-0.1, -0.05) is 0 Å². The van der Waals surface area contributed by atoms with Crippen LogP contribution in [0.1, 0.15) is 47.3 Å². The zero-order chi connectivity index (χ0) is 15.2. The molecule has 2 aliphatic rings. The summed E-state index contributed by atoms with van der Waals surface area (Å²) in [7, 11) is 1.44. The van der Waals surface area contributed by atoms with Gasteiger partial charge in [0.1, 0.15) is 11.4 Å². The summed E-state index contributed by atoms with van der Waals surface area (Å²) in [6.45, 7) is 5.98. The molecule has 0 N–H and O–H groups in total. The highest BCUT2D eigenvalue weighted by atomic mass is 127. The van der Waals surface area contributed by atoms with Gasteiger partial charge in [0.25, 0.3) is 0 Å². The van der Waals surface area contributed by atoms with Crippen molar-refractivity contribution in [3.05, 3.63) is 20.4 Å². The van der Waals surface area contributed by atoms with Crippen molar-refractivity contribution < 1.29 is 9.53 Å². The van der Waals surface area contributed by atoms with E-state index >= 15 is 0 Å². The Morgan fingerprint density at radius 3 is 2.38 bits per heavy atom. The summed E-state index contributed by atoms with van der Waals surface area (Å²) < 4.78 is 6.04. The first-order chi connectivity index (χ1) is 9.97. The highest BCUT2D eigenvalue weighted by Gasteiger charge is 2.45. The van der Waals surface area contributed by atoms with Crippen LogP contribution >= 0.6 is 22.6 Å². The minimum absolute atomic E-state index is 0.278. The standard InChI is InChI=1S/C16H21IN2O2/c1-10-12(15(20)21-3)14(18-11(2)13(10)17)19-8-6-16(4-5-16)7-9-19/h4-9H2,1-3H3. The lowest BCUT2D eigenvalue weighted by Gasteiger charge is -2.34. The minimum Gasteiger partial charge on any atom is -0.465 e. The smallest absolute Gasteiger partial charge is 0.341 e. The molecule has 21 heavy (non-hydrogen) atoms. The van der Waals surface area contributed by atoms with E-state index in [-0.39, 0.29) is 5.97 Å². The Balaban J connectivity index is 1.98. The maximum absolute atomic E-state index is 12.2. The van der Waals surface area contributed by atoms with Crippen LogP contribution < -0.4 is 4.90 Å². The fraction of sp³-hybridized carbons (Fsp3) is 0.625. The highest BCUT2D eigenvalue weighted by Crippen LogP contribution is 2.54. The topological polar surface area (TPSA) is 42.4 Å². The summed E-state index contributed by atoms with van der Waals surface area (Å²) in [5.41, 5.74) is 3.23. The van der Waals surface area contributed by atoms with Gasteiger partial charge >= 0.3 is 5.97 Å². The maximum Gasteiger partial charge on any atom is 0.341 e. The Bertz CT molecular complexity index is 586. The van der Waals surface area contributed by atoms with Crippen molar-refractivity contribution >= 4 is 34.4 Å². The Morgan fingerprint density at radius 2 is 1.86 bits per heavy atom. The number of ether oxygens (including phenoxy) is 1. The van der Waals surface area contributed by atoms with Crippen molar-refractivity contribution in [2.45, 2.75) is 39.5 Å². The van der Waals surface area contributed by atoms with Crippen LogP contribution in [0.2, 0.25) is 0 Å². The number of hydrogen-bond acceptors (Lipinski definition) is 4. The van der Waals surface area contributed by atoms with Gasteiger partial charge in [-0.05, 0) is 73.1 Å². The monoisotopic (exact) mass is 400 g/mol. The number of carbonyl (C=O) groups is 1. The largest absolute Gasteiger partial charge is 0.465 e. The number of rotatable bonds is 2. The van der Waals surface area contributed by atoms with E-state index in [4.69, 9.17) is 9.72 Å². The summed E-state index contributed by atoms with van der Waals surface area (Å²) in [6, 6.07) is 0. The lowest BCUT2D eigenvalue weighted by molar-refractivity contribution is 0.0600. The van der Waals surface area contributed by atoms with Crippen LogP contribution in [-0.4, -0.2) is 31.2 Å². The van der Waals surface area contributed by atoms with Crippen molar-refractivity contribution in [2.24, 2.45) is 5.41 Å². The second-order valence-corrected chi connectivity index (χ2v) is 7.39. The van der Waals surface area contributed by atoms with E-state index in [1.54, 1.807) is 0 Å². The molecular formula is C16H21IN2O2. The predicted molar refractivity (Wildman–Crippen MR) is 90.9 cm³/mol. The number of pyridine rings is 1. The number of aryl methyl sites for hydroxylation is 1. The Kier molecular flexibility index (Phi) is 3.88. The normalized spacial score (nSPS) is 19.7. The fourth-order valence-corrected chi connectivity index (χ4v) is 3.65. The number of carbonyl (C=O) groups excluding carboxylic acids is 1. The van der Waals surface area contributed by atoms with Crippen molar-refractivity contribution in [3.63, 3.8) is 0 Å². The number of aromatic nitrogens is 1. The first-order valence-corrected chi connectivity index (χ1v) is 8.55. The molecule has 0 radical (unpaired) electrons. The molecule has 0 aromatic carbocycles. The van der Waals surface area contributed by atoms with Gasteiger partial charge in [0.05, 0.1) is 12.8 Å². The molecule has 0 amide bonds. The number of nitrogens with zero attached hydrogens (tertiary/aromatic N) is 2.